The van der Waals surface area contributed by atoms with Gasteiger partial charge in [0.15, 0.2) is 5.69 Å². The van der Waals surface area contributed by atoms with Gasteiger partial charge in [-0.1, -0.05) is 11.6 Å². The van der Waals surface area contributed by atoms with E-state index >= 15 is 0 Å². The molecule has 3 aromatic rings. The van der Waals surface area contributed by atoms with Gasteiger partial charge in [-0.25, -0.2) is 18.1 Å². The highest BCUT2D eigenvalue weighted by atomic mass is 35.5. The van der Waals surface area contributed by atoms with E-state index in [0.717, 1.165) is 29.5 Å². The molecule has 0 radical (unpaired) electrons. The van der Waals surface area contributed by atoms with E-state index < -0.39 is 28.2 Å². The molecule has 1 aliphatic carbocycles. The molecule has 1 saturated carbocycles. The molecule has 1 fully saturated rings. The predicted octanol–water partition coefficient (Wildman–Crippen LogP) is 3.20. The molecule has 25 heavy (non-hydrogen) atoms. The number of benzene rings is 1. The highest BCUT2D eigenvalue weighted by Crippen LogP contribution is 2.43. The van der Waals surface area contributed by atoms with Gasteiger partial charge in [-0.3, -0.25) is 4.79 Å². The Hall–Kier alpha value is -2.74. The van der Waals surface area contributed by atoms with Crippen molar-refractivity contribution in [2.24, 2.45) is 0 Å². The highest BCUT2D eigenvalue weighted by Gasteiger charge is 2.34. The van der Waals surface area contributed by atoms with E-state index in [-0.39, 0.29) is 28.4 Å². The summed E-state index contributed by atoms with van der Waals surface area (Å²) in [4.78, 5) is 26.4. The second-order valence-electron chi connectivity index (χ2n) is 5.89. The fraction of sp³-hybridized carbons (Fsp3) is 0.188. The van der Waals surface area contributed by atoms with Gasteiger partial charge in [-0.2, -0.15) is 5.10 Å². The normalized spacial score (nSPS) is 14.2. The zero-order valence-corrected chi connectivity index (χ0v) is 13.3. The lowest BCUT2D eigenvalue weighted by Gasteiger charge is -2.05. The number of carboxylic acids is 1. The number of nitrogens with zero attached hydrogens (tertiary/aromatic N) is 2. The Kier molecular flexibility index (Phi) is 3.40. The number of carbonyl (C=O) groups is 1. The number of aromatic nitrogens is 3. The van der Waals surface area contributed by atoms with Crippen LogP contribution >= 0.6 is 11.6 Å². The molecule has 0 unspecified atom stereocenters. The fourth-order valence-corrected chi connectivity index (χ4v) is 2.99. The van der Waals surface area contributed by atoms with E-state index in [4.69, 9.17) is 11.6 Å². The molecule has 0 spiro atoms. The first-order valence-corrected chi connectivity index (χ1v) is 7.78. The number of aromatic amines is 1. The number of aromatic carboxylic acids is 1. The Morgan fingerprint density at radius 2 is 1.96 bits per heavy atom. The fourth-order valence-electron chi connectivity index (χ4n) is 2.88. The predicted molar refractivity (Wildman–Crippen MR) is 85.1 cm³/mol. The number of rotatable bonds is 3. The van der Waals surface area contributed by atoms with Crippen molar-refractivity contribution in [3.05, 3.63) is 56.6 Å². The molecule has 0 bridgehead atoms. The maximum absolute atomic E-state index is 13.7. The third-order valence-electron chi connectivity index (χ3n) is 4.14. The minimum atomic E-state index is -1.23. The number of carboxylic acid groups (broad SMARTS) is 1. The summed E-state index contributed by atoms with van der Waals surface area (Å²) in [6, 6.07) is 1.96. The maximum Gasteiger partial charge on any atom is 0.356 e. The first kappa shape index (κ1) is 15.8. The molecule has 0 aliphatic heterocycles. The van der Waals surface area contributed by atoms with E-state index in [1.54, 1.807) is 0 Å². The minimum absolute atomic E-state index is 0.0130. The van der Waals surface area contributed by atoms with Crippen molar-refractivity contribution < 1.29 is 18.7 Å². The van der Waals surface area contributed by atoms with Crippen LogP contribution in [0.3, 0.4) is 0 Å². The van der Waals surface area contributed by atoms with Crippen molar-refractivity contribution in [3.63, 3.8) is 0 Å². The van der Waals surface area contributed by atoms with Crippen molar-refractivity contribution in [2.45, 2.75) is 18.8 Å². The van der Waals surface area contributed by atoms with Gasteiger partial charge in [0, 0.05) is 11.1 Å². The van der Waals surface area contributed by atoms with Gasteiger partial charge in [0.1, 0.15) is 22.2 Å². The summed E-state index contributed by atoms with van der Waals surface area (Å²) in [6.07, 6.45) is 2.91. The average Bonchev–Trinajstić information content (AvgIpc) is 3.31. The monoisotopic (exact) mass is 365 g/mol. The molecule has 4 rings (SSSR count). The quantitative estimate of drug-likeness (QED) is 0.698. The van der Waals surface area contributed by atoms with Gasteiger partial charge >= 0.3 is 5.97 Å². The van der Waals surface area contributed by atoms with Gasteiger partial charge in [-0.05, 0) is 30.9 Å². The maximum atomic E-state index is 13.7. The van der Waals surface area contributed by atoms with E-state index in [1.807, 2.05) is 0 Å². The van der Waals surface area contributed by atoms with Crippen LogP contribution in [0.1, 0.15) is 34.8 Å². The lowest BCUT2D eigenvalue weighted by Crippen LogP contribution is -2.12. The van der Waals surface area contributed by atoms with Crippen molar-refractivity contribution in [3.8, 4) is 11.3 Å². The number of hydrogen-bond donors (Lipinski definition) is 2. The molecule has 9 heteroatoms. The van der Waals surface area contributed by atoms with Gasteiger partial charge in [0.05, 0.1) is 11.9 Å². The van der Waals surface area contributed by atoms with Crippen LogP contribution in [0.25, 0.3) is 16.8 Å². The Morgan fingerprint density at radius 1 is 1.32 bits per heavy atom. The lowest BCUT2D eigenvalue weighted by atomic mass is 10.1. The average molecular weight is 366 g/mol. The van der Waals surface area contributed by atoms with Crippen LogP contribution < -0.4 is 5.56 Å². The van der Waals surface area contributed by atoms with Crippen molar-refractivity contribution in [1.29, 1.82) is 0 Å². The summed E-state index contributed by atoms with van der Waals surface area (Å²) < 4.78 is 28.5. The van der Waals surface area contributed by atoms with Crippen molar-refractivity contribution >= 4 is 23.1 Å². The van der Waals surface area contributed by atoms with Crippen LogP contribution in [0, 0.1) is 11.6 Å². The number of halogens is 3. The summed E-state index contributed by atoms with van der Waals surface area (Å²) in [5.41, 5.74) is -0.0754. The van der Waals surface area contributed by atoms with E-state index in [0.29, 0.717) is 5.56 Å². The second kappa shape index (κ2) is 5.38. The SMILES string of the molecule is O=C(O)c1nn2cc(-c3cc(F)c(Cl)c(F)c3)[nH]c(=O)c2c1C1CC1. The Morgan fingerprint density at radius 3 is 2.52 bits per heavy atom. The van der Waals surface area contributed by atoms with Gasteiger partial charge in [-0.15, -0.1) is 0 Å². The van der Waals surface area contributed by atoms with Crippen LogP contribution in [-0.2, 0) is 0 Å². The van der Waals surface area contributed by atoms with Crippen LogP contribution in [0.5, 0.6) is 0 Å². The molecular formula is C16H10ClF2N3O3. The number of fused-ring (bicyclic) bond motifs is 1. The molecule has 6 nitrogen and oxygen atoms in total. The minimum Gasteiger partial charge on any atom is -0.476 e. The van der Waals surface area contributed by atoms with Crippen LogP contribution in [0.4, 0.5) is 8.78 Å². The summed E-state index contributed by atoms with van der Waals surface area (Å²) in [5.74, 6) is -3.18. The molecule has 2 heterocycles. The zero-order chi connectivity index (χ0) is 17.9. The summed E-state index contributed by atoms with van der Waals surface area (Å²) in [5, 5.41) is 12.6. The third kappa shape index (κ3) is 2.49. The van der Waals surface area contributed by atoms with Crippen LogP contribution in [-0.4, -0.2) is 25.7 Å². The van der Waals surface area contributed by atoms with Crippen LogP contribution in [0.15, 0.2) is 23.1 Å². The van der Waals surface area contributed by atoms with E-state index in [9.17, 15) is 23.5 Å². The Bertz CT molecular complexity index is 1080. The molecule has 2 aromatic heterocycles. The van der Waals surface area contributed by atoms with E-state index in [2.05, 4.69) is 10.1 Å². The zero-order valence-electron chi connectivity index (χ0n) is 12.5. The standard InChI is InChI=1S/C16H10ClF2N3O3/c17-12-8(18)3-7(4-9(12)19)10-5-22-14(15(23)20-10)11(6-1-2-6)13(21-22)16(24)25/h3-6H,1-2H2,(H,20,23)(H,24,25). The molecule has 1 aliphatic rings. The summed E-state index contributed by atoms with van der Waals surface area (Å²) in [6.45, 7) is 0. The topological polar surface area (TPSA) is 87.5 Å². The Balaban J connectivity index is 1.97. The summed E-state index contributed by atoms with van der Waals surface area (Å²) in [7, 11) is 0. The molecular weight excluding hydrogens is 356 g/mol. The van der Waals surface area contributed by atoms with Gasteiger partial charge in [0.2, 0.25) is 0 Å². The molecule has 1 aromatic carbocycles. The van der Waals surface area contributed by atoms with Gasteiger partial charge < -0.3 is 10.1 Å². The molecule has 0 saturated heterocycles. The number of nitrogens with one attached hydrogen (secondary N) is 1. The first-order chi connectivity index (χ1) is 11.9. The van der Waals surface area contributed by atoms with Crippen molar-refractivity contribution in [1.82, 2.24) is 14.6 Å². The lowest BCUT2D eigenvalue weighted by molar-refractivity contribution is 0.0689. The smallest absolute Gasteiger partial charge is 0.356 e. The molecule has 2 N–H and O–H groups in total. The molecule has 0 amide bonds. The summed E-state index contributed by atoms with van der Waals surface area (Å²) >= 11 is 5.46. The Labute approximate surface area is 143 Å². The first-order valence-electron chi connectivity index (χ1n) is 7.40. The molecule has 128 valence electrons. The number of H-pyrrole nitrogens is 1. The van der Waals surface area contributed by atoms with E-state index in [1.165, 1.54) is 6.20 Å². The third-order valence-corrected chi connectivity index (χ3v) is 4.51. The largest absolute Gasteiger partial charge is 0.476 e. The van der Waals surface area contributed by atoms with Crippen molar-refractivity contribution in [2.75, 3.05) is 0 Å². The number of hydrogen-bond acceptors (Lipinski definition) is 3. The second-order valence-corrected chi connectivity index (χ2v) is 6.26. The van der Waals surface area contributed by atoms with Crippen LogP contribution in [0.2, 0.25) is 5.02 Å². The van der Waals surface area contributed by atoms with Gasteiger partial charge in [0.25, 0.3) is 5.56 Å². The highest BCUT2D eigenvalue weighted by molar-refractivity contribution is 6.31. The molecule has 0 atom stereocenters.